The molecule has 162 valence electrons. The maximum atomic E-state index is 14.0. The number of Topliss-reactive ketones (excluding diaryl/α,β-unsaturated/α-hetero) is 1. The van der Waals surface area contributed by atoms with Gasteiger partial charge in [0, 0.05) is 18.4 Å². The largest absolute Gasteiger partial charge is 0.363 e. The Bertz CT molecular complexity index is 993. The second-order valence-corrected chi connectivity index (χ2v) is 7.26. The average Bonchev–Trinajstić information content (AvgIpc) is 3.10. The molecule has 1 heterocycles. The molecule has 1 saturated heterocycles. The van der Waals surface area contributed by atoms with Crippen molar-refractivity contribution in [2.45, 2.75) is 37.9 Å². The van der Waals surface area contributed by atoms with E-state index in [1.165, 1.54) is 6.07 Å². The van der Waals surface area contributed by atoms with E-state index in [4.69, 9.17) is 5.73 Å². The molecule has 0 aromatic heterocycles. The summed E-state index contributed by atoms with van der Waals surface area (Å²) in [5.41, 5.74) is 5.48. The first-order chi connectivity index (χ1) is 14.8. The van der Waals surface area contributed by atoms with Crippen molar-refractivity contribution in [2.75, 3.05) is 0 Å². The first-order valence-electron chi connectivity index (χ1n) is 9.68. The number of nitrogens with zero attached hydrogens (tertiary/aromatic N) is 1. The molecule has 1 fully saturated rings. The summed E-state index contributed by atoms with van der Waals surface area (Å²) in [7, 11) is 0. The summed E-state index contributed by atoms with van der Waals surface area (Å²) >= 11 is 0. The summed E-state index contributed by atoms with van der Waals surface area (Å²) in [6, 6.07) is 9.77. The van der Waals surface area contributed by atoms with Crippen LogP contribution < -0.4 is 11.1 Å². The van der Waals surface area contributed by atoms with Crippen LogP contribution in [0.5, 0.6) is 0 Å². The molecule has 1 aliphatic rings. The van der Waals surface area contributed by atoms with Crippen molar-refractivity contribution in [1.29, 1.82) is 0 Å². The van der Waals surface area contributed by atoms with Crippen LogP contribution in [-0.4, -0.2) is 40.5 Å². The number of hydrogen-bond donors (Lipinski definition) is 2. The van der Waals surface area contributed by atoms with Crippen molar-refractivity contribution in [3.63, 3.8) is 0 Å². The van der Waals surface area contributed by atoms with E-state index < -0.39 is 53.8 Å². The van der Waals surface area contributed by atoms with Gasteiger partial charge < -0.3 is 16.0 Å². The van der Waals surface area contributed by atoms with Crippen molar-refractivity contribution in [2.24, 2.45) is 5.73 Å². The fourth-order valence-corrected chi connectivity index (χ4v) is 3.56. The molecule has 7 nitrogen and oxygen atoms in total. The third-order valence-electron chi connectivity index (χ3n) is 5.18. The number of amides is 3. The predicted molar refractivity (Wildman–Crippen MR) is 106 cm³/mol. The second-order valence-electron chi connectivity index (χ2n) is 7.26. The number of nitrogens with two attached hydrogens (primary N) is 1. The van der Waals surface area contributed by atoms with Crippen LogP contribution in [0.1, 0.15) is 24.0 Å². The highest BCUT2D eigenvalue weighted by Crippen LogP contribution is 2.24. The Morgan fingerprint density at radius 2 is 1.71 bits per heavy atom. The lowest BCUT2D eigenvalue weighted by molar-refractivity contribution is -0.140. The van der Waals surface area contributed by atoms with Crippen LogP contribution in [0.4, 0.5) is 8.78 Å². The zero-order valence-electron chi connectivity index (χ0n) is 16.5. The Kier molecular flexibility index (Phi) is 6.74. The van der Waals surface area contributed by atoms with E-state index in [1.807, 2.05) is 0 Å². The molecular weight excluding hydrogens is 408 g/mol. The van der Waals surface area contributed by atoms with Gasteiger partial charge in [-0.05, 0) is 24.1 Å². The highest BCUT2D eigenvalue weighted by molar-refractivity contribution is 6.37. The summed E-state index contributed by atoms with van der Waals surface area (Å²) < 4.78 is 28.1. The molecule has 1 aliphatic heterocycles. The van der Waals surface area contributed by atoms with Gasteiger partial charge in [0.2, 0.25) is 17.6 Å². The molecule has 1 unspecified atom stereocenters. The molecule has 0 aliphatic carbocycles. The van der Waals surface area contributed by atoms with Crippen LogP contribution in [0.15, 0.2) is 48.5 Å². The van der Waals surface area contributed by atoms with Gasteiger partial charge in [0.05, 0.1) is 6.54 Å². The zero-order chi connectivity index (χ0) is 22.5. The van der Waals surface area contributed by atoms with Gasteiger partial charge in [0.1, 0.15) is 23.7 Å². The van der Waals surface area contributed by atoms with E-state index in [0.717, 1.165) is 17.0 Å². The second kappa shape index (κ2) is 9.46. The van der Waals surface area contributed by atoms with Crippen LogP contribution >= 0.6 is 0 Å². The SMILES string of the molecule is NC(=O)C(=O)C(Cc1ccccc1)NC(=O)[C@H]1CCC(=O)N1Cc1c(F)cccc1F. The van der Waals surface area contributed by atoms with E-state index in [-0.39, 0.29) is 24.8 Å². The number of halogens is 2. The maximum absolute atomic E-state index is 14.0. The standard InChI is InChI=1S/C22H21F2N3O4/c23-15-7-4-8-16(24)14(15)12-27-18(9-10-19(27)28)22(31)26-17(20(29)21(25)30)11-13-5-2-1-3-6-13/h1-8,17-18H,9-12H2,(H2,25,30)(H,26,31)/t17?,18-/m1/s1. The Hall–Kier alpha value is -3.62. The topological polar surface area (TPSA) is 110 Å². The first-order valence-corrected chi connectivity index (χ1v) is 9.68. The highest BCUT2D eigenvalue weighted by atomic mass is 19.1. The number of hydrogen-bond acceptors (Lipinski definition) is 4. The van der Waals surface area contributed by atoms with Gasteiger partial charge in [0.25, 0.3) is 5.91 Å². The van der Waals surface area contributed by atoms with Crippen molar-refractivity contribution in [3.8, 4) is 0 Å². The van der Waals surface area contributed by atoms with Gasteiger partial charge in [-0.1, -0.05) is 36.4 Å². The van der Waals surface area contributed by atoms with Gasteiger partial charge in [-0.2, -0.15) is 0 Å². The summed E-state index contributed by atoms with van der Waals surface area (Å²) in [6.45, 7) is -0.428. The fourth-order valence-electron chi connectivity index (χ4n) is 3.56. The van der Waals surface area contributed by atoms with Crippen molar-refractivity contribution in [1.82, 2.24) is 10.2 Å². The van der Waals surface area contributed by atoms with Crippen molar-refractivity contribution in [3.05, 3.63) is 71.3 Å². The van der Waals surface area contributed by atoms with Gasteiger partial charge in [-0.3, -0.25) is 19.2 Å². The molecule has 2 aromatic carbocycles. The predicted octanol–water partition coefficient (Wildman–Crippen LogP) is 1.24. The number of nitrogens with one attached hydrogen (secondary N) is 1. The minimum Gasteiger partial charge on any atom is -0.363 e. The fraction of sp³-hybridized carbons (Fsp3) is 0.273. The van der Waals surface area contributed by atoms with Crippen LogP contribution in [0.3, 0.4) is 0 Å². The average molecular weight is 429 g/mol. The first kappa shape index (κ1) is 22.1. The number of carbonyl (C=O) groups excluding carboxylic acids is 4. The minimum atomic E-state index is -1.23. The molecule has 3 amide bonds. The number of rotatable bonds is 8. The Balaban J connectivity index is 1.79. The molecule has 0 spiro atoms. The molecule has 0 radical (unpaired) electrons. The van der Waals surface area contributed by atoms with Gasteiger partial charge in [-0.15, -0.1) is 0 Å². The Morgan fingerprint density at radius 3 is 2.32 bits per heavy atom. The van der Waals surface area contributed by atoms with Crippen LogP contribution in [0.25, 0.3) is 0 Å². The Morgan fingerprint density at radius 1 is 1.06 bits per heavy atom. The van der Waals surface area contributed by atoms with Crippen LogP contribution in [-0.2, 0) is 32.1 Å². The van der Waals surface area contributed by atoms with Crippen molar-refractivity contribution >= 4 is 23.5 Å². The maximum Gasteiger partial charge on any atom is 0.287 e. The lowest BCUT2D eigenvalue weighted by Gasteiger charge is -2.26. The zero-order valence-corrected chi connectivity index (χ0v) is 16.5. The summed E-state index contributed by atoms with van der Waals surface area (Å²) in [5.74, 6) is -4.97. The van der Waals surface area contributed by atoms with Crippen LogP contribution in [0, 0.1) is 11.6 Å². The molecule has 2 aromatic rings. The molecule has 0 bridgehead atoms. The third-order valence-corrected chi connectivity index (χ3v) is 5.18. The molecule has 3 N–H and O–H groups in total. The number of likely N-dealkylation sites (tertiary alicyclic amines) is 1. The normalized spacial score (nSPS) is 16.8. The van der Waals surface area contributed by atoms with Gasteiger partial charge in [-0.25, -0.2) is 8.78 Å². The Labute approximate surface area is 177 Å². The number of primary amides is 1. The van der Waals surface area contributed by atoms with E-state index in [2.05, 4.69) is 5.32 Å². The van der Waals surface area contributed by atoms with Crippen LogP contribution in [0.2, 0.25) is 0 Å². The van der Waals surface area contributed by atoms with E-state index in [9.17, 15) is 28.0 Å². The third kappa shape index (κ3) is 5.11. The smallest absolute Gasteiger partial charge is 0.287 e. The summed E-state index contributed by atoms with van der Waals surface area (Å²) in [6.07, 6.45) is 0.155. The molecular formula is C22H21F2N3O4. The highest BCUT2D eigenvalue weighted by Gasteiger charge is 2.38. The lowest BCUT2D eigenvalue weighted by Crippen LogP contribution is -2.53. The van der Waals surface area contributed by atoms with E-state index >= 15 is 0 Å². The monoisotopic (exact) mass is 429 g/mol. The molecule has 31 heavy (non-hydrogen) atoms. The minimum absolute atomic E-state index is 0.0152. The molecule has 0 saturated carbocycles. The van der Waals surface area contributed by atoms with Gasteiger partial charge >= 0.3 is 0 Å². The lowest BCUT2D eigenvalue weighted by atomic mass is 10.0. The number of benzene rings is 2. The molecule has 2 atom stereocenters. The number of carbonyl (C=O) groups is 4. The molecule has 9 heteroatoms. The number of ketones is 1. The molecule has 3 rings (SSSR count). The van der Waals surface area contributed by atoms with E-state index in [0.29, 0.717) is 5.56 Å². The summed E-state index contributed by atoms with van der Waals surface area (Å²) in [5, 5.41) is 2.48. The summed E-state index contributed by atoms with van der Waals surface area (Å²) in [4.78, 5) is 50.0. The van der Waals surface area contributed by atoms with Crippen molar-refractivity contribution < 1.29 is 28.0 Å². The van der Waals surface area contributed by atoms with E-state index in [1.54, 1.807) is 30.3 Å². The quantitative estimate of drug-likeness (QED) is 0.615. The van der Waals surface area contributed by atoms with Gasteiger partial charge in [0.15, 0.2) is 0 Å².